The predicted molar refractivity (Wildman–Crippen MR) is 112 cm³/mol. The number of hydrogen-bond donors (Lipinski definition) is 2. The van der Waals surface area contributed by atoms with Crippen molar-refractivity contribution in [3.63, 3.8) is 0 Å². The van der Waals surface area contributed by atoms with Gasteiger partial charge in [0.15, 0.2) is 6.61 Å². The number of nitrogens with one attached hydrogen (secondary N) is 2. The number of carbonyl (C=O) groups excluding carboxylic acids is 3. The molecular weight excluding hydrogens is 370 g/mol. The summed E-state index contributed by atoms with van der Waals surface area (Å²) in [5.41, 5.74) is 1.12. The van der Waals surface area contributed by atoms with Crippen molar-refractivity contribution in [3.05, 3.63) is 18.2 Å². The van der Waals surface area contributed by atoms with Gasteiger partial charge >= 0.3 is 0 Å². The summed E-state index contributed by atoms with van der Waals surface area (Å²) in [6.07, 6.45) is 8.55. The summed E-state index contributed by atoms with van der Waals surface area (Å²) in [5, 5.41) is 5.70. The van der Waals surface area contributed by atoms with Gasteiger partial charge in [0.05, 0.1) is 5.69 Å². The van der Waals surface area contributed by atoms with Crippen molar-refractivity contribution in [2.24, 2.45) is 5.92 Å². The Bertz CT molecular complexity index is 744. The van der Waals surface area contributed by atoms with E-state index in [-0.39, 0.29) is 30.9 Å². The molecule has 1 aliphatic carbocycles. The van der Waals surface area contributed by atoms with Crippen LogP contribution in [0.25, 0.3) is 0 Å². The molecule has 0 spiro atoms. The first-order valence-corrected chi connectivity index (χ1v) is 10.7. The second kappa shape index (κ2) is 10.3. The van der Waals surface area contributed by atoms with Crippen LogP contribution in [0.2, 0.25) is 0 Å². The van der Waals surface area contributed by atoms with Gasteiger partial charge in [-0.25, -0.2) is 0 Å². The van der Waals surface area contributed by atoms with Gasteiger partial charge in [-0.2, -0.15) is 0 Å². The molecular formula is C22H31N3O4. The fourth-order valence-corrected chi connectivity index (χ4v) is 3.95. The molecule has 1 aromatic carbocycles. The maximum absolute atomic E-state index is 12.4. The number of benzene rings is 1. The minimum absolute atomic E-state index is 0.0224. The lowest BCUT2D eigenvalue weighted by Gasteiger charge is -2.29. The zero-order valence-electron chi connectivity index (χ0n) is 17.2. The standard InChI is InChI=1S/C22H31N3O4/c1-2-12-23-21(27)14-25-18-13-17(9-10-19(18)29-15-22(25)28)24-20(26)11-8-16-6-4-3-5-7-16/h9-10,13,16H,2-8,11-12,14-15H2,1H3,(H,23,27)(H,24,26). The highest BCUT2D eigenvalue weighted by molar-refractivity contribution is 6.03. The molecule has 2 N–H and O–H groups in total. The van der Waals surface area contributed by atoms with Gasteiger partial charge in [-0.3, -0.25) is 19.3 Å². The van der Waals surface area contributed by atoms with Gasteiger partial charge in [0.25, 0.3) is 5.91 Å². The van der Waals surface area contributed by atoms with Crippen LogP contribution in [0.3, 0.4) is 0 Å². The van der Waals surface area contributed by atoms with Crippen LogP contribution >= 0.6 is 0 Å². The molecule has 0 saturated heterocycles. The second-order valence-corrected chi connectivity index (χ2v) is 7.89. The molecule has 1 heterocycles. The van der Waals surface area contributed by atoms with E-state index < -0.39 is 0 Å². The number of carbonyl (C=O) groups is 3. The van der Waals surface area contributed by atoms with Crippen molar-refractivity contribution in [1.29, 1.82) is 0 Å². The number of ether oxygens (including phenoxy) is 1. The average molecular weight is 402 g/mol. The zero-order chi connectivity index (χ0) is 20.6. The zero-order valence-corrected chi connectivity index (χ0v) is 17.2. The number of rotatable bonds is 8. The van der Waals surface area contributed by atoms with E-state index in [1.807, 2.05) is 6.92 Å². The maximum atomic E-state index is 12.4. The fraction of sp³-hybridized carbons (Fsp3) is 0.591. The Balaban J connectivity index is 1.62. The quantitative estimate of drug-likeness (QED) is 0.700. The third-order valence-corrected chi connectivity index (χ3v) is 5.56. The molecule has 3 rings (SSSR count). The summed E-state index contributed by atoms with van der Waals surface area (Å²) >= 11 is 0. The molecule has 2 aliphatic rings. The number of nitrogens with zero attached hydrogens (tertiary/aromatic N) is 1. The molecule has 1 aliphatic heterocycles. The molecule has 0 radical (unpaired) electrons. The monoisotopic (exact) mass is 401 g/mol. The molecule has 29 heavy (non-hydrogen) atoms. The highest BCUT2D eigenvalue weighted by Crippen LogP contribution is 2.34. The number of fused-ring (bicyclic) bond motifs is 1. The van der Waals surface area contributed by atoms with Gasteiger partial charge in [0, 0.05) is 18.7 Å². The van der Waals surface area contributed by atoms with E-state index in [9.17, 15) is 14.4 Å². The number of amides is 3. The normalized spacial score (nSPS) is 16.7. The highest BCUT2D eigenvalue weighted by atomic mass is 16.5. The minimum Gasteiger partial charge on any atom is -0.482 e. The Morgan fingerprint density at radius 2 is 1.97 bits per heavy atom. The van der Waals surface area contributed by atoms with Crippen molar-refractivity contribution >= 4 is 29.1 Å². The first-order valence-electron chi connectivity index (χ1n) is 10.7. The molecule has 0 bridgehead atoms. The Kier molecular flexibility index (Phi) is 7.49. The second-order valence-electron chi connectivity index (χ2n) is 7.89. The SMILES string of the molecule is CCCNC(=O)CN1C(=O)COc2ccc(NC(=O)CCC3CCCCC3)cc21. The van der Waals surface area contributed by atoms with Crippen molar-refractivity contribution in [2.45, 2.75) is 58.3 Å². The number of hydrogen-bond acceptors (Lipinski definition) is 4. The van der Waals surface area contributed by atoms with Crippen molar-refractivity contribution in [3.8, 4) is 5.75 Å². The summed E-state index contributed by atoms with van der Waals surface area (Å²) in [7, 11) is 0. The molecule has 1 fully saturated rings. The van der Waals surface area contributed by atoms with Gasteiger partial charge in [0.2, 0.25) is 11.8 Å². The third kappa shape index (κ3) is 5.95. The molecule has 0 atom stereocenters. The molecule has 0 unspecified atom stereocenters. The van der Waals surface area contributed by atoms with Crippen LogP contribution in [0.5, 0.6) is 5.75 Å². The topological polar surface area (TPSA) is 87.7 Å². The number of anilines is 2. The van der Waals surface area contributed by atoms with E-state index in [0.29, 0.717) is 36.0 Å². The van der Waals surface area contributed by atoms with Gasteiger partial charge in [0.1, 0.15) is 12.3 Å². The van der Waals surface area contributed by atoms with E-state index >= 15 is 0 Å². The lowest BCUT2D eigenvalue weighted by atomic mass is 9.86. The first kappa shape index (κ1) is 21.1. The lowest BCUT2D eigenvalue weighted by molar-refractivity contribution is -0.125. The molecule has 7 nitrogen and oxygen atoms in total. The Labute approximate surface area is 172 Å². The van der Waals surface area contributed by atoms with Crippen LogP contribution < -0.4 is 20.3 Å². The smallest absolute Gasteiger partial charge is 0.265 e. The van der Waals surface area contributed by atoms with Gasteiger partial charge in [-0.15, -0.1) is 0 Å². The van der Waals surface area contributed by atoms with Crippen LogP contribution in [-0.2, 0) is 14.4 Å². The molecule has 1 saturated carbocycles. The van der Waals surface area contributed by atoms with E-state index in [4.69, 9.17) is 4.74 Å². The summed E-state index contributed by atoms with van der Waals surface area (Å²) in [6.45, 7) is 2.38. The first-order chi connectivity index (χ1) is 14.1. The van der Waals surface area contributed by atoms with Crippen molar-refractivity contribution in [1.82, 2.24) is 5.32 Å². The molecule has 1 aromatic rings. The molecule has 0 aromatic heterocycles. The van der Waals surface area contributed by atoms with Crippen LogP contribution in [0.15, 0.2) is 18.2 Å². The molecule has 3 amide bonds. The maximum Gasteiger partial charge on any atom is 0.265 e. The van der Waals surface area contributed by atoms with Crippen molar-refractivity contribution in [2.75, 3.05) is 29.9 Å². The van der Waals surface area contributed by atoms with E-state index in [1.165, 1.54) is 37.0 Å². The summed E-state index contributed by atoms with van der Waals surface area (Å²) in [4.78, 5) is 38.2. The highest BCUT2D eigenvalue weighted by Gasteiger charge is 2.27. The van der Waals surface area contributed by atoms with Crippen LogP contribution in [0.4, 0.5) is 11.4 Å². The molecule has 158 valence electrons. The van der Waals surface area contributed by atoms with Crippen LogP contribution in [0.1, 0.15) is 58.3 Å². The van der Waals surface area contributed by atoms with Gasteiger partial charge in [-0.1, -0.05) is 39.0 Å². The average Bonchev–Trinajstić information content (AvgIpc) is 2.73. The Morgan fingerprint density at radius 3 is 2.72 bits per heavy atom. The van der Waals surface area contributed by atoms with Gasteiger partial charge < -0.3 is 15.4 Å². The fourth-order valence-electron chi connectivity index (χ4n) is 3.95. The third-order valence-electron chi connectivity index (χ3n) is 5.56. The van der Waals surface area contributed by atoms with Crippen molar-refractivity contribution < 1.29 is 19.1 Å². The van der Waals surface area contributed by atoms with Crippen LogP contribution in [-0.4, -0.2) is 37.4 Å². The van der Waals surface area contributed by atoms with E-state index in [0.717, 1.165) is 12.8 Å². The summed E-state index contributed by atoms with van der Waals surface area (Å²) in [6, 6.07) is 5.20. The van der Waals surface area contributed by atoms with E-state index in [2.05, 4.69) is 10.6 Å². The van der Waals surface area contributed by atoms with E-state index in [1.54, 1.807) is 18.2 Å². The lowest BCUT2D eigenvalue weighted by Crippen LogP contribution is -2.45. The predicted octanol–water partition coefficient (Wildman–Crippen LogP) is 3.24. The largest absolute Gasteiger partial charge is 0.482 e. The summed E-state index contributed by atoms with van der Waals surface area (Å²) < 4.78 is 5.48. The van der Waals surface area contributed by atoms with Gasteiger partial charge in [-0.05, 0) is 37.0 Å². The van der Waals surface area contributed by atoms with Crippen LogP contribution in [0, 0.1) is 5.92 Å². The molecule has 7 heteroatoms. The minimum atomic E-state index is -0.273. The summed E-state index contributed by atoms with van der Waals surface area (Å²) in [5.74, 6) is 0.681. The Hall–Kier alpha value is -2.57. The Morgan fingerprint density at radius 1 is 1.17 bits per heavy atom.